The largest absolute Gasteiger partial charge is 0.388 e. The van der Waals surface area contributed by atoms with Crippen LogP contribution < -0.4 is 5.32 Å². The summed E-state index contributed by atoms with van der Waals surface area (Å²) in [6, 6.07) is 8.80. The zero-order chi connectivity index (χ0) is 16.1. The van der Waals surface area contributed by atoms with Crippen LogP contribution in [0.4, 0.5) is 0 Å². The smallest absolute Gasteiger partial charge is 0.0157 e. The van der Waals surface area contributed by atoms with Crippen molar-refractivity contribution < 1.29 is 0 Å². The quantitative estimate of drug-likeness (QED) is 0.674. The van der Waals surface area contributed by atoms with E-state index in [4.69, 9.17) is 0 Å². The van der Waals surface area contributed by atoms with Crippen LogP contribution >= 0.6 is 0 Å². The average molecular weight is 293 g/mol. The second-order valence-corrected chi connectivity index (χ2v) is 5.99. The van der Waals surface area contributed by atoms with E-state index in [2.05, 4.69) is 75.7 Å². The molecule has 0 bridgehead atoms. The lowest BCUT2D eigenvalue weighted by Crippen LogP contribution is -2.14. The predicted molar refractivity (Wildman–Crippen MR) is 97.8 cm³/mol. The van der Waals surface area contributed by atoms with E-state index < -0.39 is 0 Å². The SMILES string of the molecule is C=C1C=C(c2cccc(C(C)C(=C)CC)c2)C=C(NCC)C1. The van der Waals surface area contributed by atoms with Crippen LogP contribution in [0.1, 0.15) is 50.7 Å². The van der Waals surface area contributed by atoms with Gasteiger partial charge in [0.05, 0.1) is 0 Å². The number of rotatable bonds is 6. The van der Waals surface area contributed by atoms with Crippen LogP contribution in [0.15, 0.2) is 66.4 Å². The molecule has 1 atom stereocenters. The summed E-state index contributed by atoms with van der Waals surface area (Å²) in [5.74, 6) is 0.398. The molecule has 1 aliphatic carbocycles. The van der Waals surface area contributed by atoms with E-state index in [1.165, 1.54) is 28.0 Å². The molecule has 1 nitrogen and oxygen atoms in total. The van der Waals surface area contributed by atoms with Crippen LogP contribution in [0.5, 0.6) is 0 Å². The van der Waals surface area contributed by atoms with Crippen LogP contribution in [0, 0.1) is 0 Å². The lowest BCUT2D eigenvalue weighted by molar-refractivity contribution is 0.818. The van der Waals surface area contributed by atoms with Gasteiger partial charge in [0, 0.05) is 24.6 Å². The first kappa shape index (κ1) is 16.4. The first-order valence-corrected chi connectivity index (χ1v) is 8.17. The first-order chi connectivity index (χ1) is 10.5. The van der Waals surface area contributed by atoms with Crippen molar-refractivity contribution in [2.24, 2.45) is 0 Å². The topological polar surface area (TPSA) is 12.0 Å². The number of benzene rings is 1. The Balaban J connectivity index is 2.33. The van der Waals surface area contributed by atoms with Crippen molar-refractivity contribution in [1.82, 2.24) is 5.32 Å². The monoisotopic (exact) mass is 293 g/mol. The van der Waals surface area contributed by atoms with Gasteiger partial charge in [0.1, 0.15) is 0 Å². The van der Waals surface area contributed by atoms with Crippen LogP contribution in [0.3, 0.4) is 0 Å². The predicted octanol–water partition coefficient (Wildman–Crippen LogP) is 5.59. The van der Waals surface area contributed by atoms with Crippen molar-refractivity contribution in [1.29, 1.82) is 0 Å². The molecule has 22 heavy (non-hydrogen) atoms. The molecule has 1 heteroatoms. The van der Waals surface area contributed by atoms with Crippen LogP contribution in [0.2, 0.25) is 0 Å². The van der Waals surface area contributed by atoms with Crippen LogP contribution in [-0.4, -0.2) is 6.54 Å². The number of nitrogens with one attached hydrogen (secondary N) is 1. The summed E-state index contributed by atoms with van der Waals surface area (Å²) in [5, 5.41) is 3.42. The summed E-state index contributed by atoms with van der Waals surface area (Å²) in [6.07, 6.45) is 6.38. The van der Waals surface area contributed by atoms with Gasteiger partial charge in [-0.3, -0.25) is 0 Å². The van der Waals surface area contributed by atoms with Gasteiger partial charge < -0.3 is 5.32 Å². The lowest BCUT2D eigenvalue weighted by atomic mass is 9.88. The maximum atomic E-state index is 4.19. The minimum absolute atomic E-state index is 0.398. The lowest BCUT2D eigenvalue weighted by Gasteiger charge is -2.19. The van der Waals surface area contributed by atoms with Gasteiger partial charge >= 0.3 is 0 Å². The molecule has 0 heterocycles. The molecule has 0 aliphatic heterocycles. The summed E-state index contributed by atoms with van der Waals surface area (Å²) in [7, 11) is 0. The van der Waals surface area contributed by atoms with Crippen molar-refractivity contribution in [2.75, 3.05) is 6.54 Å². The van der Waals surface area contributed by atoms with E-state index in [-0.39, 0.29) is 0 Å². The van der Waals surface area contributed by atoms with E-state index in [0.29, 0.717) is 5.92 Å². The molecule has 1 aromatic carbocycles. The van der Waals surface area contributed by atoms with Gasteiger partial charge in [-0.05, 0) is 41.7 Å². The normalized spacial score (nSPS) is 15.9. The van der Waals surface area contributed by atoms with Gasteiger partial charge in [0.25, 0.3) is 0 Å². The van der Waals surface area contributed by atoms with E-state index in [0.717, 1.165) is 25.0 Å². The van der Waals surface area contributed by atoms with Crippen LogP contribution in [0.25, 0.3) is 5.57 Å². The van der Waals surface area contributed by atoms with Gasteiger partial charge in [0.15, 0.2) is 0 Å². The fourth-order valence-corrected chi connectivity index (χ4v) is 2.83. The summed E-state index contributed by atoms with van der Waals surface area (Å²) in [6.45, 7) is 15.8. The molecule has 1 unspecified atom stereocenters. The van der Waals surface area contributed by atoms with Crippen LogP contribution in [-0.2, 0) is 0 Å². The van der Waals surface area contributed by atoms with E-state index >= 15 is 0 Å². The molecule has 0 saturated heterocycles. The molecule has 0 spiro atoms. The van der Waals surface area contributed by atoms with Crippen molar-refractivity contribution in [3.63, 3.8) is 0 Å². The highest BCUT2D eigenvalue weighted by atomic mass is 14.9. The summed E-state index contributed by atoms with van der Waals surface area (Å²) >= 11 is 0. The van der Waals surface area contributed by atoms with Gasteiger partial charge in [-0.2, -0.15) is 0 Å². The number of hydrogen-bond donors (Lipinski definition) is 1. The number of allylic oxidation sites excluding steroid dienone is 5. The van der Waals surface area contributed by atoms with Gasteiger partial charge in [0.2, 0.25) is 0 Å². The zero-order valence-corrected chi connectivity index (χ0v) is 14.1. The minimum atomic E-state index is 0.398. The second-order valence-electron chi connectivity index (χ2n) is 5.99. The summed E-state index contributed by atoms with van der Waals surface area (Å²) in [5.41, 5.74) is 7.52. The highest BCUT2D eigenvalue weighted by Crippen LogP contribution is 2.30. The molecule has 0 saturated carbocycles. The maximum Gasteiger partial charge on any atom is 0.0157 e. The van der Waals surface area contributed by atoms with Gasteiger partial charge in [-0.1, -0.05) is 62.9 Å². The zero-order valence-electron chi connectivity index (χ0n) is 14.1. The third kappa shape index (κ3) is 3.79. The van der Waals surface area contributed by atoms with E-state index in [1.54, 1.807) is 0 Å². The third-order valence-corrected chi connectivity index (χ3v) is 4.30. The van der Waals surface area contributed by atoms with E-state index in [9.17, 15) is 0 Å². The molecular formula is C21H27N. The Morgan fingerprint density at radius 2 is 2.05 bits per heavy atom. The number of hydrogen-bond acceptors (Lipinski definition) is 1. The standard InChI is InChI=1S/C21H27N/c1-6-16(4)17(5)18-9-8-10-19(13-18)20-11-15(3)12-21(14-20)22-7-2/h8-11,13-14,17,22H,3-4,6-7,12H2,1-2,5H3. The van der Waals surface area contributed by atoms with Gasteiger partial charge in [-0.25, -0.2) is 0 Å². The highest BCUT2D eigenvalue weighted by Gasteiger charge is 2.12. The molecule has 1 N–H and O–H groups in total. The molecule has 1 aromatic rings. The molecule has 116 valence electrons. The summed E-state index contributed by atoms with van der Waals surface area (Å²) in [4.78, 5) is 0. The Hall–Kier alpha value is -2.02. The Morgan fingerprint density at radius 1 is 1.27 bits per heavy atom. The van der Waals surface area contributed by atoms with Crippen molar-refractivity contribution >= 4 is 5.57 Å². The highest BCUT2D eigenvalue weighted by molar-refractivity contribution is 5.78. The maximum absolute atomic E-state index is 4.19. The Labute approximate surface area is 135 Å². The average Bonchev–Trinajstić information content (AvgIpc) is 2.53. The fraction of sp³-hybridized carbons (Fsp3) is 0.333. The Morgan fingerprint density at radius 3 is 2.73 bits per heavy atom. The molecule has 0 aromatic heterocycles. The Bertz CT molecular complexity index is 631. The van der Waals surface area contributed by atoms with E-state index in [1.807, 2.05) is 0 Å². The molecule has 0 radical (unpaired) electrons. The fourth-order valence-electron chi connectivity index (χ4n) is 2.83. The van der Waals surface area contributed by atoms with Crippen molar-refractivity contribution in [3.05, 3.63) is 77.5 Å². The van der Waals surface area contributed by atoms with Gasteiger partial charge in [-0.15, -0.1) is 0 Å². The molecule has 0 amide bonds. The molecule has 0 fully saturated rings. The second kappa shape index (κ2) is 7.31. The molecule has 1 aliphatic rings. The Kier molecular flexibility index (Phi) is 5.43. The first-order valence-electron chi connectivity index (χ1n) is 8.17. The van der Waals surface area contributed by atoms with Crippen molar-refractivity contribution in [2.45, 2.75) is 39.5 Å². The molecule has 2 rings (SSSR count). The van der Waals surface area contributed by atoms with Crippen molar-refractivity contribution in [3.8, 4) is 0 Å². The molecular weight excluding hydrogens is 266 g/mol. The minimum Gasteiger partial charge on any atom is -0.388 e. The summed E-state index contributed by atoms with van der Waals surface area (Å²) < 4.78 is 0. The third-order valence-electron chi connectivity index (χ3n) is 4.30.